The van der Waals surface area contributed by atoms with E-state index >= 15 is 0 Å². The molecule has 0 saturated carbocycles. The Hall–Kier alpha value is -4.20. The van der Waals surface area contributed by atoms with Crippen molar-refractivity contribution >= 4 is 23.3 Å². The molecule has 1 aromatic heterocycles. The van der Waals surface area contributed by atoms with Crippen LogP contribution in [0, 0.1) is 0 Å². The summed E-state index contributed by atoms with van der Waals surface area (Å²) in [5.41, 5.74) is 2.93. The van der Waals surface area contributed by atoms with Gasteiger partial charge in [-0.2, -0.15) is 0 Å². The van der Waals surface area contributed by atoms with Crippen molar-refractivity contribution in [1.82, 2.24) is 9.13 Å². The third-order valence-electron chi connectivity index (χ3n) is 6.08. The molecule has 2 aromatic carbocycles. The summed E-state index contributed by atoms with van der Waals surface area (Å²) in [5.74, 6) is 0.258. The highest BCUT2D eigenvalue weighted by Crippen LogP contribution is 2.48. The number of fused-ring (bicyclic) bond motifs is 4. The standard InChI is InChI=1S/C25H21N3O5/c1-13(29)33-22-17-8-6-5-7-16(17)21-19(22)18(14-9-11-15(32-4)12-10-14)20-23(26-21)27(2)25(31)28(3)24(20)30/h5-12,18H,1-4H3/t18-/m0/s1. The van der Waals surface area contributed by atoms with Gasteiger partial charge in [-0.05, 0) is 17.7 Å². The van der Waals surface area contributed by atoms with E-state index in [4.69, 9.17) is 14.5 Å². The number of allylic oxidation sites excluding steroid dienone is 1. The molecule has 0 unspecified atom stereocenters. The highest BCUT2D eigenvalue weighted by molar-refractivity contribution is 6.25. The fraction of sp³-hybridized carbons (Fsp3) is 0.200. The Labute approximate surface area is 189 Å². The van der Waals surface area contributed by atoms with Gasteiger partial charge in [0.25, 0.3) is 5.56 Å². The summed E-state index contributed by atoms with van der Waals surface area (Å²) in [6.07, 6.45) is 0. The van der Waals surface area contributed by atoms with E-state index in [1.165, 1.54) is 18.5 Å². The molecule has 0 spiro atoms. The Morgan fingerprint density at radius 3 is 2.27 bits per heavy atom. The normalized spacial score (nSPS) is 16.0. The van der Waals surface area contributed by atoms with Crippen LogP contribution in [-0.4, -0.2) is 27.9 Å². The molecule has 2 aliphatic rings. The summed E-state index contributed by atoms with van der Waals surface area (Å²) >= 11 is 0. The van der Waals surface area contributed by atoms with Crippen LogP contribution in [0.25, 0.3) is 5.76 Å². The summed E-state index contributed by atoms with van der Waals surface area (Å²) < 4.78 is 13.5. The molecule has 8 nitrogen and oxygen atoms in total. The molecule has 1 atom stereocenters. The Kier molecular flexibility index (Phi) is 4.67. The Bertz CT molecular complexity index is 1510. The van der Waals surface area contributed by atoms with Crippen molar-refractivity contribution in [2.45, 2.75) is 12.8 Å². The van der Waals surface area contributed by atoms with Crippen LogP contribution in [0.5, 0.6) is 5.75 Å². The summed E-state index contributed by atoms with van der Waals surface area (Å²) in [4.78, 5) is 42.9. The number of rotatable bonds is 3. The maximum atomic E-state index is 13.4. The number of methoxy groups -OCH3 is 1. The van der Waals surface area contributed by atoms with Crippen LogP contribution >= 0.6 is 0 Å². The minimum atomic E-state index is -0.606. The molecular formula is C25H21N3O5. The second-order valence-electron chi connectivity index (χ2n) is 7.99. The van der Waals surface area contributed by atoms with Gasteiger partial charge in [-0.25, -0.2) is 9.79 Å². The molecule has 3 aromatic rings. The third kappa shape index (κ3) is 2.98. The number of hydrogen-bond acceptors (Lipinski definition) is 6. The predicted octanol–water partition coefficient (Wildman–Crippen LogP) is 2.65. The number of ether oxygens (including phenoxy) is 2. The van der Waals surface area contributed by atoms with E-state index in [0.717, 1.165) is 21.3 Å². The molecule has 0 fully saturated rings. The number of esters is 1. The smallest absolute Gasteiger partial charge is 0.332 e. The lowest BCUT2D eigenvalue weighted by molar-refractivity contribution is -0.134. The molecule has 1 aliphatic heterocycles. The van der Waals surface area contributed by atoms with Crippen LogP contribution in [0.2, 0.25) is 0 Å². The largest absolute Gasteiger partial charge is 0.497 e. The van der Waals surface area contributed by atoms with Gasteiger partial charge in [0.2, 0.25) is 0 Å². The Morgan fingerprint density at radius 2 is 1.64 bits per heavy atom. The zero-order valence-electron chi connectivity index (χ0n) is 18.6. The van der Waals surface area contributed by atoms with Gasteiger partial charge in [-0.1, -0.05) is 36.4 Å². The van der Waals surface area contributed by atoms with Gasteiger partial charge in [0.1, 0.15) is 17.3 Å². The third-order valence-corrected chi connectivity index (χ3v) is 6.08. The van der Waals surface area contributed by atoms with E-state index in [-0.39, 0.29) is 0 Å². The number of hydrogen-bond donors (Lipinski definition) is 0. The quantitative estimate of drug-likeness (QED) is 0.581. The number of nitrogens with zero attached hydrogens (tertiary/aromatic N) is 3. The molecule has 5 rings (SSSR count). The molecule has 0 N–H and O–H groups in total. The van der Waals surface area contributed by atoms with Gasteiger partial charge >= 0.3 is 11.7 Å². The second kappa shape index (κ2) is 7.44. The van der Waals surface area contributed by atoms with Crippen molar-refractivity contribution in [2.75, 3.05) is 7.11 Å². The summed E-state index contributed by atoms with van der Waals surface area (Å²) in [7, 11) is 4.62. The SMILES string of the molecule is COc1ccc([C@H]2C3=C(OC(C)=O)c4ccccc4C3=Nc3c2c(=O)n(C)c(=O)n3C)cc1. The molecule has 2 heterocycles. The number of benzene rings is 2. The van der Waals surface area contributed by atoms with Gasteiger partial charge in [0, 0.05) is 43.6 Å². The molecule has 166 valence electrons. The van der Waals surface area contributed by atoms with E-state index in [0.29, 0.717) is 34.2 Å². The minimum absolute atomic E-state index is 0.293. The Balaban J connectivity index is 1.92. The molecule has 0 bridgehead atoms. The maximum Gasteiger partial charge on any atom is 0.332 e. The van der Waals surface area contributed by atoms with Crippen LogP contribution in [0.1, 0.15) is 35.1 Å². The lowest BCUT2D eigenvalue weighted by atomic mass is 9.81. The zero-order valence-corrected chi connectivity index (χ0v) is 18.6. The number of carbonyl (C=O) groups is 1. The molecule has 8 heteroatoms. The van der Waals surface area contributed by atoms with Gasteiger partial charge in [-0.3, -0.25) is 18.7 Å². The van der Waals surface area contributed by atoms with E-state index in [1.807, 2.05) is 36.4 Å². The van der Waals surface area contributed by atoms with E-state index in [1.54, 1.807) is 26.3 Å². The molecular weight excluding hydrogens is 422 g/mol. The summed E-state index contributed by atoms with van der Waals surface area (Å²) in [6.45, 7) is 1.34. The second-order valence-corrected chi connectivity index (χ2v) is 7.99. The van der Waals surface area contributed by atoms with Crippen LogP contribution in [0.15, 0.2) is 68.7 Å². The minimum Gasteiger partial charge on any atom is -0.497 e. The van der Waals surface area contributed by atoms with Crippen LogP contribution in [-0.2, 0) is 23.6 Å². The number of aliphatic imine (C=N–C) groups is 1. The summed E-state index contributed by atoms with van der Waals surface area (Å²) in [6, 6.07) is 14.8. The lowest BCUT2D eigenvalue weighted by Crippen LogP contribution is -2.41. The predicted molar refractivity (Wildman–Crippen MR) is 123 cm³/mol. The topological polar surface area (TPSA) is 91.9 Å². The van der Waals surface area contributed by atoms with Crippen molar-refractivity contribution in [3.8, 4) is 5.75 Å². The summed E-state index contributed by atoms with van der Waals surface area (Å²) in [5, 5.41) is 0. The van der Waals surface area contributed by atoms with Crippen LogP contribution < -0.4 is 16.0 Å². The van der Waals surface area contributed by atoms with Crippen molar-refractivity contribution in [1.29, 1.82) is 0 Å². The number of aromatic nitrogens is 2. The van der Waals surface area contributed by atoms with Gasteiger partial charge in [0.05, 0.1) is 18.4 Å². The molecule has 0 saturated heterocycles. The van der Waals surface area contributed by atoms with E-state index < -0.39 is 23.1 Å². The highest BCUT2D eigenvalue weighted by Gasteiger charge is 2.42. The highest BCUT2D eigenvalue weighted by atomic mass is 16.5. The fourth-order valence-electron chi connectivity index (χ4n) is 4.55. The first kappa shape index (κ1) is 20.7. The van der Waals surface area contributed by atoms with Crippen molar-refractivity contribution in [3.63, 3.8) is 0 Å². The lowest BCUT2D eigenvalue weighted by Gasteiger charge is -2.27. The van der Waals surface area contributed by atoms with E-state index in [2.05, 4.69) is 0 Å². The fourth-order valence-corrected chi connectivity index (χ4v) is 4.55. The van der Waals surface area contributed by atoms with Gasteiger partial charge < -0.3 is 9.47 Å². The molecule has 33 heavy (non-hydrogen) atoms. The molecule has 0 radical (unpaired) electrons. The van der Waals surface area contributed by atoms with Gasteiger partial charge in [0.15, 0.2) is 0 Å². The molecule has 1 aliphatic carbocycles. The average molecular weight is 443 g/mol. The van der Waals surface area contributed by atoms with E-state index in [9.17, 15) is 14.4 Å². The maximum absolute atomic E-state index is 13.4. The number of carbonyl (C=O) groups excluding carboxylic acids is 1. The molecule has 0 amide bonds. The van der Waals surface area contributed by atoms with Gasteiger partial charge in [-0.15, -0.1) is 0 Å². The first-order valence-corrected chi connectivity index (χ1v) is 10.4. The first-order chi connectivity index (χ1) is 15.8. The van der Waals surface area contributed by atoms with Crippen LogP contribution in [0.3, 0.4) is 0 Å². The zero-order chi connectivity index (χ0) is 23.4. The van der Waals surface area contributed by atoms with Crippen molar-refractivity contribution < 1.29 is 14.3 Å². The average Bonchev–Trinajstić information content (AvgIpc) is 3.13. The monoisotopic (exact) mass is 443 g/mol. The van der Waals surface area contributed by atoms with Crippen molar-refractivity contribution in [2.24, 2.45) is 19.1 Å². The van der Waals surface area contributed by atoms with Crippen LogP contribution in [0.4, 0.5) is 5.82 Å². The van der Waals surface area contributed by atoms with Crippen molar-refractivity contribution in [3.05, 3.63) is 97.2 Å². The first-order valence-electron chi connectivity index (χ1n) is 10.4. The Morgan fingerprint density at radius 1 is 0.970 bits per heavy atom.